The summed E-state index contributed by atoms with van der Waals surface area (Å²) in [7, 11) is 0. The van der Waals surface area contributed by atoms with E-state index in [1.165, 1.54) is 12.1 Å². The van der Waals surface area contributed by atoms with Gasteiger partial charge in [-0.25, -0.2) is 0 Å². The molecule has 0 aliphatic heterocycles. The number of hydrogen-bond acceptors (Lipinski definition) is 2. The number of halogens is 2. The van der Waals surface area contributed by atoms with Crippen molar-refractivity contribution in [1.82, 2.24) is 4.98 Å². The van der Waals surface area contributed by atoms with Crippen molar-refractivity contribution in [2.45, 2.75) is 6.61 Å². The first kappa shape index (κ1) is 11.1. The molecule has 86 valence electrons. The van der Waals surface area contributed by atoms with E-state index in [0.717, 1.165) is 0 Å². The molecule has 0 unspecified atom stereocenters. The fourth-order valence-electron chi connectivity index (χ4n) is 1.53. The number of aromatic nitrogens is 1. The van der Waals surface area contributed by atoms with Gasteiger partial charge in [-0.2, -0.15) is 14.0 Å². The van der Waals surface area contributed by atoms with Gasteiger partial charge in [0.2, 0.25) is 0 Å². The van der Waals surface area contributed by atoms with E-state index < -0.39 is 6.61 Å². The molecule has 5 heteroatoms. The summed E-state index contributed by atoms with van der Waals surface area (Å²) in [5, 5.41) is 8.86. The van der Waals surface area contributed by atoms with E-state index in [4.69, 9.17) is 5.26 Å². The largest absolute Gasteiger partial charge is 0.435 e. The molecule has 2 rings (SSSR count). The topological polar surface area (TPSA) is 48.8 Å². The second kappa shape index (κ2) is 4.66. The van der Waals surface area contributed by atoms with Crippen LogP contribution in [0.3, 0.4) is 0 Å². The summed E-state index contributed by atoms with van der Waals surface area (Å²) >= 11 is 0. The molecule has 1 N–H and O–H groups in total. The zero-order chi connectivity index (χ0) is 12.3. The highest BCUT2D eigenvalue weighted by molar-refractivity contribution is 5.70. The second-order valence-corrected chi connectivity index (χ2v) is 3.30. The highest BCUT2D eigenvalue weighted by Crippen LogP contribution is 2.27. The van der Waals surface area contributed by atoms with Crippen molar-refractivity contribution >= 4 is 0 Å². The van der Waals surface area contributed by atoms with Gasteiger partial charge in [0, 0.05) is 18.0 Å². The Labute approximate surface area is 96.3 Å². The lowest BCUT2D eigenvalue weighted by molar-refractivity contribution is -0.0498. The Balaban J connectivity index is 2.37. The molecule has 2 aromatic rings. The zero-order valence-electron chi connectivity index (χ0n) is 8.65. The van der Waals surface area contributed by atoms with Crippen LogP contribution in [0.2, 0.25) is 0 Å². The first-order chi connectivity index (χ1) is 8.20. The number of nitrogens with one attached hydrogen (secondary N) is 1. The first-order valence-corrected chi connectivity index (χ1v) is 4.83. The minimum absolute atomic E-state index is 0.0718. The molecule has 0 atom stereocenters. The first-order valence-electron chi connectivity index (χ1n) is 4.83. The zero-order valence-corrected chi connectivity index (χ0v) is 8.65. The van der Waals surface area contributed by atoms with Crippen LogP contribution in [0.15, 0.2) is 36.7 Å². The number of rotatable bonds is 3. The highest BCUT2D eigenvalue weighted by atomic mass is 19.3. The predicted octanol–water partition coefficient (Wildman–Crippen LogP) is 3.15. The molecule has 0 amide bonds. The van der Waals surface area contributed by atoms with Gasteiger partial charge < -0.3 is 9.72 Å². The lowest BCUT2D eigenvalue weighted by Crippen LogP contribution is -2.01. The number of alkyl halides is 2. The van der Waals surface area contributed by atoms with Crippen LogP contribution in [0.4, 0.5) is 8.78 Å². The Morgan fingerprint density at radius 2 is 2.12 bits per heavy atom. The van der Waals surface area contributed by atoms with Crippen LogP contribution in [0.25, 0.3) is 11.1 Å². The van der Waals surface area contributed by atoms with Crippen molar-refractivity contribution in [1.29, 1.82) is 5.26 Å². The van der Waals surface area contributed by atoms with Crippen molar-refractivity contribution in [3.63, 3.8) is 0 Å². The molecule has 1 heterocycles. The summed E-state index contributed by atoms with van der Waals surface area (Å²) < 4.78 is 28.4. The van der Waals surface area contributed by atoms with Crippen molar-refractivity contribution in [3.05, 3.63) is 42.2 Å². The fraction of sp³-hybridized carbons (Fsp3) is 0.0833. The SMILES string of the molecule is N#Cc1c[nH]cc1-c1cccc(OC(F)F)c1. The molecule has 0 saturated heterocycles. The average Bonchev–Trinajstić information content (AvgIpc) is 2.76. The Kier molecular flexibility index (Phi) is 3.06. The summed E-state index contributed by atoms with van der Waals surface area (Å²) in [5.74, 6) is 0.0718. The smallest absolute Gasteiger partial charge is 0.387 e. The Morgan fingerprint density at radius 1 is 1.29 bits per heavy atom. The van der Waals surface area contributed by atoms with Gasteiger partial charge in [-0.05, 0) is 17.7 Å². The van der Waals surface area contributed by atoms with Gasteiger partial charge in [-0.15, -0.1) is 0 Å². The highest BCUT2D eigenvalue weighted by Gasteiger charge is 2.08. The maximum Gasteiger partial charge on any atom is 0.387 e. The summed E-state index contributed by atoms with van der Waals surface area (Å²) in [6, 6.07) is 8.24. The summed E-state index contributed by atoms with van der Waals surface area (Å²) in [6.07, 6.45) is 3.19. The van der Waals surface area contributed by atoms with Crippen LogP contribution in [0, 0.1) is 11.3 Å². The average molecular weight is 234 g/mol. The number of benzene rings is 1. The number of nitriles is 1. The minimum Gasteiger partial charge on any atom is -0.435 e. The Morgan fingerprint density at radius 3 is 2.82 bits per heavy atom. The summed E-state index contributed by atoms with van der Waals surface area (Å²) in [6.45, 7) is -2.85. The molecule has 17 heavy (non-hydrogen) atoms. The van der Waals surface area contributed by atoms with Gasteiger partial charge in [0.15, 0.2) is 0 Å². The molecule has 3 nitrogen and oxygen atoms in total. The van der Waals surface area contributed by atoms with Crippen LogP contribution in [0.5, 0.6) is 5.75 Å². The van der Waals surface area contributed by atoms with E-state index in [1.807, 2.05) is 6.07 Å². The van der Waals surface area contributed by atoms with E-state index in [-0.39, 0.29) is 5.75 Å². The third-order valence-corrected chi connectivity index (χ3v) is 2.24. The molecule has 0 spiro atoms. The fourth-order valence-corrected chi connectivity index (χ4v) is 1.53. The molecule has 1 aromatic heterocycles. The number of H-pyrrole nitrogens is 1. The van der Waals surface area contributed by atoms with Gasteiger partial charge in [-0.1, -0.05) is 12.1 Å². The van der Waals surface area contributed by atoms with Crippen LogP contribution in [-0.2, 0) is 0 Å². The monoisotopic (exact) mass is 234 g/mol. The van der Waals surface area contributed by atoms with Gasteiger partial charge in [-0.3, -0.25) is 0 Å². The molecular formula is C12H8F2N2O. The number of hydrogen-bond donors (Lipinski definition) is 1. The number of ether oxygens (including phenoxy) is 1. The normalized spacial score (nSPS) is 10.2. The van der Waals surface area contributed by atoms with Crippen LogP contribution in [0.1, 0.15) is 5.56 Å². The molecule has 0 radical (unpaired) electrons. The molecule has 0 fully saturated rings. The standard InChI is InChI=1S/C12H8F2N2O/c13-12(14)17-10-3-1-2-8(4-10)11-7-16-6-9(11)5-15/h1-4,6-7,12,16H. The maximum absolute atomic E-state index is 12.1. The van der Waals surface area contributed by atoms with E-state index >= 15 is 0 Å². The number of aromatic amines is 1. The summed E-state index contributed by atoms with van der Waals surface area (Å²) in [5.41, 5.74) is 1.77. The molecule has 0 saturated carbocycles. The van der Waals surface area contributed by atoms with Gasteiger partial charge in [0.1, 0.15) is 11.8 Å². The predicted molar refractivity (Wildman–Crippen MR) is 57.6 cm³/mol. The van der Waals surface area contributed by atoms with Gasteiger partial charge in [0.25, 0.3) is 0 Å². The lowest BCUT2D eigenvalue weighted by atomic mass is 10.1. The summed E-state index contributed by atoms with van der Waals surface area (Å²) in [4.78, 5) is 2.80. The molecule has 0 aliphatic rings. The second-order valence-electron chi connectivity index (χ2n) is 3.30. The van der Waals surface area contributed by atoms with Crippen molar-refractivity contribution < 1.29 is 13.5 Å². The quantitative estimate of drug-likeness (QED) is 0.886. The Hall–Kier alpha value is -2.35. The van der Waals surface area contributed by atoms with Crippen LogP contribution < -0.4 is 4.74 Å². The van der Waals surface area contributed by atoms with E-state index in [9.17, 15) is 8.78 Å². The Bertz CT molecular complexity index is 558. The van der Waals surface area contributed by atoms with Crippen LogP contribution >= 0.6 is 0 Å². The molecule has 0 bridgehead atoms. The maximum atomic E-state index is 12.1. The molecule has 1 aromatic carbocycles. The van der Waals surface area contributed by atoms with Crippen LogP contribution in [-0.4, -0.2) is 11.6 Å². The minimum atomic E-state index is -2.85. The molecule has 0 aliphatic carbocycles. The van der Waals surface area contributed by atoms with E-state index in [1.54, 1.807) is 24.5 Å². The third-order valence-electron chi connectivity index (χ3n) is 2.24. The van der Waals surface area contributed by atoms with Crippen molar-refractivity contribution in [2.24, 2.45) is 0 Å². The van der Waals surface area contributed by atoms with Gasteiger partial charge in [0.05, 0.1) is 5.56 Å². The lowest BCUT2D eigenvalue weighted by Gasteiger charge is -2.06. The van der Waals surface area contributed by atoms with Crippen molar-refractivity contribution in [3.8, 4) is 22.9 Å². The van der Waals surface area contributed by atoms with Gasteiger partial charge >= 0.3 is 6.61 Å². The van der Waals surface area contributed by atoms with E-state index in [2.05, 4.69) is 9.72 Å². The third kappa shape index (κ3) is 2.42. The van der Waals surface area contributed by atoms with Crippen molar-refractivity contribution in [2.75, 3.05) is 0 Å². The number of nitrogens with zero attached hydrogens (tertiary/aromatic N) is 1. The molecular weight excluding hydrogens is 226 g/mol. The van der Waals surface area contributed by atoms with E-state index in [0.29, 0.717) is 16.7 Å².